The minimum atomic E-state index is -0.818. The Labute approximate surface area is 152 Å². The van der Waals surface area contributed by atoms with E-state index in [2.05, 4.69) is 25.3 Å². The van der Waals surface area contributed by atoms with E-state index in [9.17, 15) is 9.18 Å². The Morgan fingerprint density at radius 1 is 1.35 bits per heavy atom. The highest BCUT2D eigenvalue weighted by Gasteiger charge is 2.30. The molecule has 0 saturated heterocycles. The third-order valence-corrected chi connectivity index (χ3v) is 4.81. The Balaban J connectivity index is 1.64. The zero-order chi connectivity index (χ0) is 18.3. The summed E-state index contributed by atoms with van der Waals surface area (Å²) in [6.45, 7) is 0. The highest BCUT2D eigenvalue weighted by atomic mass is 35.5. The average Bonchev–Trinajstić information content (AvgIpc) is 3.23. The summed E-state index contributed by atoms with van der Waals surface area (Å²) in [7, 11) is 0. The number of halogens is 2. The summed E-state index contributed by atoms with van der Waals surface area (Å²) in [6, 6.07) is 1.61. The number of aromatic amines is 1. The first kappa shape index (κ1) is 16.7. The zero-order valence-corrected chi connectivity index (χ0v) is 14.3. The van der Waals surface area contributed by atoms with Gasteiger partial charge in [0, 0.05) is 29.4 Å². The predicted octanol–water partition coefficient (Wildman–Crippen LogP) is 3.48. The summed E-state index contributed by atoms with van der Waals surface area (Å²) < 4.78 is 14.2. The molecule has 7 nitrogen and oxygen atoms in total. The average molecular weight is 376 g/mol. The molecule has 0 unspecified atom stereocenters. The summed E-state index contributed by atoms with van der Waals surface area (Å²) in [5.74, 6) is -1.41. The second-order valence-corrected chi connectivity index (χ2v) is 6.77. The number of fused-ring (bicyclic) bond motifs is 1. The van der Waals surface area contributed by atoms with Gasteiger partial charge in [-0.3, -0.25) is 4.79 Å². The molecule has 3 aromatic rings. The van der Waals surface area contributed by atoms with E-state index in [4.69, 9.17) is 16.7 Å². The lowest BCUT2D eigenvalue weighted by Crippen LogP contribution is -2.19. The van der Waals surface area contributed by atoms with E-state index in [0.717, 1.165) is 11.6 Å². The van der Waals surface area contributed by atoms with Gasteiger partial charge in [0.1, 0.15) is 5.65 Å². The Kier molecular flexibility index (Phi) is 4.20. The summed E-state index contributed by atoms with van der Waals surface area (Å²) in [4.78, 5) is 26.6. The number of hydrogen-bond donors (Lipinski definition) is 3. The maximum absolute atomic E-state index is 14.2. The fourth-order valence-electron chi connectivity index (χ4n) is 3.29. The van der Waals surface area contributed by atoms with Crippen LogP contribution < -0.4 is 5.32 Å². The molecular weight excluding hydrogens is 361 g/mol. The van der Waals surface area contributed by atoms with E-state index in [-0.39, 0.29) is 11.9 Å². The van der Waals surface area contributed by atoms with Crippen LogP contribution >= 0.6 is 11.6 Å². The normalized spacial score (nSPS) is 19.8. The van der Waals surface area contributed by atoms with Crippen LogP contribution in [0.25, 0.3) is 22.4 Å². The van der Waals surface area contributed by atoms with Crippen LogP contribution in [-0.2, 0) is 4.79 Å². The number of carboxylic acid groups (broad SMARTS) is 1. The highest BCUT2D eigenvalue weighted by Crippen LogP contribution is 2.31. The second-order valence-electron chi connectivity index (χ2n) is 6.33. The molecule has 1 aliphatic carbocycles. The molecule has 1 saturated carbocycles. The summed E-state index contributed by atoms with van der Waals surface area (Å²) >= 11 is 6.01. The molecule has 0 spiro atoms. The highest BCUT2D eigenvalue weighted by molar-refractivity contribution is 6.31. The minimum absolute atomic E-state index is 0.0652. The molecule has 9 heteroatoms. The Bertz CT molecular complexity index is 992. The largest absolute Gasteiger partial charge is 0.481 e. The second kappa shape index (κ2) is 6.53. The van der Waals surface area contributed by atoms with Crippen molar-refractivity contribution in [2.75, 3.05) is 5.32 Å². The van der Waals surface area contributed by atoms with Gasteiger partial charge in [-0.15, -0.1) is 0 Å². The SMILES string of the molecule is O=C(O)[C@@H]1CC[C@H](Nc2nc(-c3c[nH]c4ncc(Cl)cc34)ncc2F)C1. The van der Waals surface area contributed by atoms with Crippen molar-refractivity contribution < 1.29 is 14.3 Å². The van der Waals surface area contributed by atoms with Gasteiger partial charge in [-0.1, -0.05) is 11.6 Å². The molecule has 1 aliphatic rings. The van der Waals surface area contributed by atoms with Crippen LogP contribution in [-0.4, -0.2) is 37.1 Å². The Morgan fingerprint density at radius 2 is 2.19 bits per heavy atom. The molecule has 0 radical (unpaired) electrons. The van der Waals surface area contributed by atoms with Crippen LogP contribution in [0.4, 0.5) is 10.2 Å². The lowest BCUT2D eigenvalue weighted by atomic mass is 10.1. The molecule has 26 heavy (non-hydrogen) atoms. The molecule has 2 atom stereocenters. The van der Waals surface area contributed by atoms with Crippen molar-refractivity contribution in [3.63, 3.8) is 0 Å². The number of rotatable bonds is 4. The van der Waals surface area contributed by atoms with Crippen LogP contribution in [0.5, 0.6) is 0 Å². The number of carbonyl (C=O) groups is 1. The lowest BCUT2D eigenvalue weighted by molar-refractivity contribution is -0.141. The van der Waals surface area contributed by atoms with Crippen LogP contribution in [0, 0.1) is 11.7 Å². The fourth-order valence-corrected chi connectivity index (χ4v) is 3.45. The van der Waals surface area contributed by atoms with Gasteiger partial charge in [-0.2, -0.15) is 0 Å². The number of pyridine rings is 1. The standard InChI is InChI=1S/C17H15ClFN5O2/c18-9-4-11-12(6-21-14(11)20-5-9)15-22-7-13(19)16(24-15)23-10-2-1-8(3-10)17(25)26/h4-8,10H,1-3H2,(H,20,21)(H,25,26)(H,22,23,24)/t8-,10+/m1/s1. The van der Waals surface area contributed by atoms with Gasteiger partial charge in [0.2, 0.25) is 0 Å². The van der Waals surface area contributed by atoms with Crippen molar-refractivity contribution in [2.24, 2.45) is 5.92 Å². The molecule has 0 bridgehead atoms. The Hall–Kier alpha value is -2.74. The summed E-state index contributed by atoms with van der Waals surface area (Å²) in [6.07, 6.45) is 6.00. The van der Waals surface area contributed by atoms with Gasteiger partial charge in [0.25, 0.3) is 0 Å². The quantitative estimate of drug-likeness (QED) is 0.645. The van der Waals surface area contributed by atoms with E-state index in [1.807, 2.05) is 0 Å². The topological polar surface area (TPSA) is 104 Å². The van der Waals surface area contributed by atoms with Crippen molar-refractivity contribution in [2.45, 2.75) is 25.3 Å². The van der Waals surface area contributed by atoms with Gasteiger partial charge >= 0.3 is 5.97 Å². The number of anilines is 1. The molecule has 3 aromatic heterocycles. The number of nitrogens with zero attached hydrogens (tertiary/aromatic N) is 3. The van der Waals surface area contributed by atoms with E-state index < -0.39 is 17.7 Å². The van der Waals surface area contributed by atoms with Crippen LogP contribution in [0.2, 0.25) is 5.02 Å². The minimum Gasteiger partial charge on any atom is -0.481 e. The van der Waals surface area contributed by atoms with Crippen molar-refractivity contribution in [3.05, 3.63) is 35.5 Å². The van der Waals surface area contributed by atoms with Crippen LogP contribution in [0.1, 0.15) is 19.3 Å². The smallest absolute Gasteiger partial charge is 0.306 e. The van der Waals surface area contributed by atoms with Gasteiger partial charge in [0.05, 0.1) is 17.1 Å². The molecule has 3 N–H and O–H groups in total. The van der Waals surface area contributed by atoms with Gasteiger partial charge in [-0.05, 0) is 25.3 Å². The van der Waals surface area contributed by atoms with Crippen molar-refractivity contribution in [1.82, 2.24) is 19.9 Å². The summed E-state index contributed by atoms with van der Waals surface area (Å²) in [5, 5.41) is 13.3. The van der Waals surface area contributed by atoms with Crippen molar-refractivity contribution in [3.8, 4) is 11.4 Å². The number of hydrogen-bond acceptors (Lipinski definition) is 5. The zero-order valence-electron chi connectivity index (χ0n) is 13.5. The van der Waals surface area contributed by atoms with E-state index in [1.54, 1.807) is 12.3 Å². The first-order chi connectivity index (χ1) is 12.5. The maximum atomic E-state index is 14.2. The van der Waals surface area contributed by atoms with Crippen molar-refractivity contribution >= 4 is 34.4 Å². The van der Waals surface area contributed by atoms with Gasteiger partial charge in [-0.25, -0.2) is 19.3 Å². The number of nitrogens with one attached hydrogen (secondary N) is 2. The monoisotopic (exact) mass is 375 g/mol. The summed E-state index contributed by atoms with van der Waals surface area (Å²) in [5.41, 5.74) is 1.29. The van der Waals surface area contributed by atoms with Crippen LogP contribution in [0.3, 0.4) is 0 Å². The van der Waals surface area contributed by atoms with E-state index in [0.29, 0.717) is 41.3 Å². The van der Waals surface area contributed by atoms with Crippen molar-refractivity contribution in [1.29, 1.82) is 0 Å². The molecule has 0 amide bonds. The molecular formula is C17H15ClFN5O2. The maximum Gasteiger partial charge on any atom is 0.306 e. The molecule has 134 valence electrons. The van der Waals surface area contributed by atoms with Crippen LogP contribution in [0.15, 0.2) is 24.7 Å². The fraction of sp³-hybridized carbons (Fsp3) is 0.294. The first-order valence-corrected chi connectivity index (χ1v) is 8.54. The number of aromatic nitrogens is 4. The van der Waals surface area contributed by atoms with Gasteiger partial charge < -0.3 is 15.4 Å². The van der Waals surface area contributed by atoms with E-state index in [1.165, 1.54) is 6.20 Å². The number of carboxylic acids is 1. The molecule has 0 aromatic carbocycles. The third-order valence-electron chi connectivity index (χ3n) is 4.61. The third kappa shape index (κ3) is 3.08. The number of aliphatic carboxylic acids is 1. The molecule has 3 heterocycles. The Morgan fingerprint density at radius 3 is 2.96 bits per heavy atom. The predicted molar refractivity (Wildman–Crippen MR) is 94.5 cm³/mol. The molecule has 1 fully saturated rings. The number of H-pyrrole nitrogens is 1. The molecule has 4 rings (SSSR count). The van der Waals surface area contributed by atoms with Gasteiger partial charge in [0.15, 0.2) is 17.5 Å². The lowest BCUT2D eigenvalue weighted by Gasteiger charge is -2.14. The molecule has 0 aliphatic heterocycles. The first-order valence-electron chi connectivity index (χ1n) is 8.16. The van der Waals surface area contributed by atoms with E-state index >= 15 is 0 Å².